The van der Waals surface area contributed by atoms with Gasteiger partial charge in [0.15, 0.2) is 9.84 Å². The van der Waals surface area contributed by atoms with Gasteiger partial charge in [-0.3, -0.25) is 9.69 Å². The Bertz CT molecular complexity index is 637. The molecule has 0 N–H and O–H groups in total. The van der Waals surface area contributed by atoms with Crippen LogP contribution in [0.25, 0.3) is 0 Å². The van der Waals surface area contributed by atoms with Gasteiger partial charge in [0.2, 0.25) is 5.91 Å². The van der Waals surface area contributed by atoms with Crippen molar-refractivity contribution in [3.8, 4) is 0 Å². The number of rotatable bonds is 7. The fraction of sp³-hybridized carbons (Fsp3) is 0.688. The molecule has 7 heteroatoms. The van der Waals surface area contributed by atoms with Crippen LogP contribution in [0, 0.1) is 0 Å². The number of likely N-dealkylation sites (N-methyl/N-ethyl adjacent to an activating group) is 1. The van der Waals surface area contributed by atoms with Gasteiger partial charge in [-0.05, 0) is 38.3 Å². The maximum absolute atomic E-state index is 12.7. The van der Waals surface area contributed by atoms with Crippen LogP contribution >= 0.6 is 0 Å². The Balaban J connectivity index is 1.63. The fourth-order valence-corrected chi connectivity index (χ4v) is 5.01. The Kier molecular flexibility index (Phi) is 4.77. The lowest BCUT2D eigenvalue weighted by Gasteiger charge is -2.30. The number of carbonyl (C=O) groups excluding carboxylic acids is 1. The van der Waals surface area contributed by atoms with E-state index in [9.17, 15) is 13.2 Å². The van der Waals surface area contributed by atoms with E-state index >= 15 is 0 Å². The minimum atomic E-state index is -2.98. The molecule has 3 rings (SSSR count). The number of carbonyl (C=O) groups is 1. The molecule has 1 saturated heterocycles. The van der Waals surface area contributed by atoms with Crippen LogP contribution in [-0.2, 0) is 21.2 Å². The van der Waals surface area contributed by atoms with Gasteiger partial charge in [0.1, 0.15) is 5.76 Å². The van der Waals surface area contributed by atoms with E-state index in [2.05, 4.69) is 4.90 Å². The molecule has 0 bridgehead atoms. The number of sulfone groups is 1. The second-order valence-corrected chi connectivity index (χ2v) is 8.68. The van der Waals surface area contributed by atoms with Gasteiger partial charge in [-0.1, -0.05) is 0 Å². The molecule has 2 aliphatic rings. The molecule has 1 aromatic heterocycles. The van der Waals surface area contributed by atoms with Crippen LogP contribution in [0.1, 0.15) is 31.9 Å². The molecule has 1 atom stereocenters. The second-order valence-electron chi connectivity index (χ2n) is 6.45. The highest BCUT2D eigenvalue weighted by Gasteiger charge is 2.36. The lowest BCUT2D eigenvalue weighted by atomic mass is 10.2. The van der Waals surface area contributed by atoms with Crippen molar-refractivity contribution in [2.45, 2.75) is 44.8 Å². The average Bonchev–Trinajstić information content (AvgIpc) is 3.11. The van der Waals surface area contributed by atoms with E-state index in [-0.39, 0.29) is 23.5 Å². The fourth-order valence-electron chi connectivity index (χ4n) is 3.28. The molecule has 0 aromatic carbocycles. The third-order valence-electron chi connectivity index (χ3n) is 4.65. The van der Waals surface area contributed by atoms with Gasteiger partial charge < -0.3 is 9.32 Å². The summed E-state index contributed by atoms with van der Waals surface area (Å²) in [6.07, 6.45) is 4.42. The predicted octanol–water partition coefficient (Wildman–Crippen LogP) is 1.28. The third-order valence-corrected chi connectivity index (χ3v) is 6.40. The SMILES string of the molecule is CCN(C(=O)CN(Cc1ccco1)C1CC1)[C@@H]1CCS(=O)(=O)C1. The molecule has 1 aromatic rings. The molecule has 6 nitrogen and oxygen atoms in total. The van der Waals surface area contributed by atoms with Gasteiger partial charge in [-0.2, -0.15) is 0 Å². The summed E-state index contributed by atoms with van der Waals surface area (Å²) in [4.78, 5) is 16.6. The molecule has 1 aliphatic heterocycles. The number of amides is 1. The summed E-state index contributed by atoms with van der Waals surface area (Å²) in [6, 6.07) is 4.04. The quantitative estimate of drug-likeness (QED) is 0.748. The molecule has 2 fully saturated rings. The maximum atomic E-state index is 12.7. The Morgan fingerprint density at radius 3 is 2.61 bits per heavy atom. The summed E-state index contributed by atoms with van der Waals surface area (Å²) in [5, 5.41) is 0. The van der Waals surface area contributed by atoms with E-state index < -0.39 is 9.84 Å². The van der Waals surface area contributed by atoms with Crippen molar-refractivity contribution < 1.29 is 17.6 Å². The topological polar surface area (TPSA) is 70.8 Å². The Hall–Kier alpha value is -1.34. The molecule has 2 heterocycles. The maximum Gasteiger partial charge on any atom is 0.237 e. The van der Waals surface area contributed by atoms with Crippen molar-refractivity contribution in [1.82, 2.24) is 9.80 Å². The summed E-state index contributed by atoms with van der Waals surface area (Å²) in [5.41, 5.74) is 0. The van der Waals surface area contributed by atoms with Crippen LogP contribution in [0.4, 0.5) is 0 Å². The molecular formula is C16H24N2O4S. The highest BCUT2D eigenvalue weighted by molar-refractivity contribution is 7.91. The Morgan fingerprint density at radius 1 is 1.30 bits per heavy atom. The van der Waals surface area contributed by atoms with Gasteiger partial charge in [-0.25, -0.2) is 8.42 Å². The molecule has 23 heavy (non-hydrogen) atoms. The zero-order valence-electron chi connectivity index (χ0n) is 13.5. The first-order valence-corrected chi connectivity index (χ1v) is 10.1. The summed E-state index contributed by atoms with van der Waals surface area (Å²) in [5.74, 6) is 1.18. The van der Waals surface area contributed by atoms with Crippen molar-refractivity contribution in [3.63, 3.8) is 0 Å². The largest absolute Gasteiger partial charge is 0.468 e. The summed E-state index contributed by atoms with van der Waals surface area (Å²) < 4.78 is 28.7. The predicted molar refractivity (Wildman–Crippen MR) is 86.6 cm³/mol. The van der Waals surface area contributed by atoms with Crippen LogP contribution in [0.3, 0.4) is 0 Å². The lowest BCUT2D eigenvalue weighted by Crippen LogP contribution is -2.46. The van der Waals surface area contributed by atoms with E-state index in [4.69, 9.17) is 4.42 Å². The second kappa shape index (κ2) is 6.65. The molecule has 128 valence electrons. The van der Waals surface area contributed by atoms with Gasteiger partial charge in [0.05, 0.1) is 30.9 Å². The minimum Gasteiger partial charge on any atom is -0.468 e. The number of hydrogen-bond donors (Lipinski definition) is 0. The first-order chi connectivity index (χ1) is 11.0. The van der Waals surface area contributed by atoms with E-state index in [0.29, 0.717) is 32.1 Å². The van der Waals surface area contributed by atoms with E-state index in [1.165, 1.54) is 0 Å². The normalized spacial score (nSPS) is 23.3. The summed E-state index contributed by atoms with van der Waals surface area (Å²) in [6.45, 7) is 3.43. The van der Waals surface area contributed by atoms with Gasteiger partial charge >= 0.3 is 0 Å². The van der Waals surface area contributed by atoms with Crippen LogP contribution < -0.4 is 0 Å². The first kappa shape index (κ1) is 16.5. The standard InChI is InChI=1S/C16H24N2O4S/c1-2-18(14-7-9-23(20,21)12-14)16(19)11-17(13-5-6-13)10-15-4-3-8-22-15/h3-4,8,13-14H,2,5-7,9-12H2,1H3/t14-/m1/s1. The zero-order chi connectivity index (χ0) is 16.4. The third kappa shape index (κ3) is 4.14. The van der Waals surface area contributed by atoms with E-state index in [0.717, 1.165) is 18.6 Å². The molecule has 1 saturated carbocycles. The highest BCUT2D eigenvalue weighted by atomic mass is 32.2. The number of hydrogen-bond acceptors (Lipinski definition) is 5. The molecule has 0 unspecified atom stereocenters. The highest BCUT2D eigenvalue weighted by Crippen LogP contribution is 2.28. The van der Waals surface area contributed by atoms with Crippen molar-refractivity contribution in [1.29, 1.82) is 0 Å². The van der Waals surface area contributed by atoms with Crippen molar-refractivity contribution in [2.24, 2.45) is 0 Å². The first-order valence-electron chi connectivity index (χ1n) is 8.25. The monoisotopic (exact) mass is 340 g/mol. The average molecular weight is 340 g/mol. The van der Waals surface area contributed by atoms with Crippen LogP contribution in [0.2, 0.25) is 0 Å². The Morgan fingerprint density at radius 2 is 2.09 bits per heavy atom. The minimum absolute atomic E-state index is 0.0213. The molecule has 1 aliphatic carbocycles. The molecule has 0 spiro atoms. The number of nitrogens with zero attached hydrogens (tertiary/aromatic N) is 2. The summed E-state index contributed by atoms with van der Waals surface area (Å²) in [7, 11) is -2.98. The lowest BCUT2D eigenvalue weighted by molar-refractivity contribution is -0.134. The van der Waals surface area contributed by atoms with Crippen LogP contribution in [-0.4, -0.2) is 60.8 Å². The number of furan rings is 1. The van der Waals surface area contributed by atoms with Crippen LogP contribution in [0.15, 0.2) is 22.8 Å². The zero-order valence-corrected chi connectivity index (χ0v) is 14.3. The van der Waals surface area contributed by atoms with Crippen molar-refractivity contribution >= 4 is 15.7 Å². The smallest absolute Gasteiger partial charge is 0.237 e. The van der Waals surface area contributed by atoms with Crippen molar-refractivity contribution in [2.75, 3.05) is 24.6 Å². The van der Waals surface area contributed by atoms with Crippen molar-refractivity contribution in [3.05, 3.63) is 24.2 Å². The van der Waals surface area contributed by atoms with E-state index in [1.807, 2.05) is 19.1 Å². The van der Waals surface area contributed by atoms with Gasteiger partial charge in [-0.15, -0.1) is 0 Å². The summed E-state index contributed by atoms with van der Waals surface area (Å²) >= 11 is 0. The molecule has 1 amide bonds. The Labute approximate surface area is 137 Å². The van der Waals surface area contributed by atoms with Gasteiger partial charge in [0, 0.05) is 18.6 Å². The van der Waals surface area contributed by atoms with Gasteiger partial charge in [0.25, 0.3) is 0 Å². The van der Waals surface area contributed by atoms with E-state index in [1.54, 1.807) is 11.2 Å². The van der Waals surface area contributed by atoms with Crippen LogP contribution in [0.5, 0.6) is 0 Å². The molecule has 0 radical (unpaired) electrons. The molecular weight excluding hydrogens is 316 g/mol.